The average Bonchev–Trinajstić information content (AvgIpc) is 2.89. The standard InChI is InChI=1S/C17H28N2O3/c1-13(2)19-9-5-6-16(17(19)20)18(10-11-21-4)12-15-8-7-14(3)22-15/h7-8,13,16H,5-6,9-12H2,1-4H3/t16-/m0/s1. The maximum atomic E-state index is 12.8. The van der Waals surface area contributed by atoms with Crippen LogP contribution in [0.4, 0.5) is 0 Å². The number of likely N-dealkylation sites (tertiary alicyclic amines) is 1. The Kier molecular flexibility index (Phi) is 6.03. The summed E-state index contributed by atoms with van der Waals surface area (Å²) in [6.07, 6.45) is 1.96. The van der Waals surface area contributed by atoms with Crippen LogP contribution in [0.5, 0.6) is 0 Å². The molecule has 5 heteroatoms. The van der Waals surface area contributed by atoms with Crippen LogP contribution in [0.3, 0.4) is 0 Å². The number of nitrogens with zero attached hydrogens (tertiary/aromatic N) is 2. The van der Waals surface area contributed by atoms with E-state index in [4.69, 9.17) is 9.15 Å². The second-order valence-electron chi connectivity index (χ2n) is 6.26. The number of aryl methyl sites for hydroxylation is 1. The third-order valence-electron chi connectivity index (χ3n) is 4.25. The SMILES string of the molecule is COCCN(Cc1ccc(C)o1)[C@H]1CCCN(C(C)C)C1=O. The quantitative estimate of drug-likeness (QED) is 0.776. The molecule has 1 aliphatic heterocycles. The van der Waals surface area contributed by atoms with Gasteiger partial charge in [0, 0.05) is 26.2 Å². The molecular formula is C17H28N2O3. The summed E-state index contributed by atoms with van der Waals surface area (Å²) in [6, 6.07) is 4.14. The summed E-state index contributed by atoms with van der Waals surface area (Å²) in [5.41, 5.74) is 0. The molecule has 1 aliphatic rings. The van der Waals surface area contributed by atoms with Crippen LogP contribution in [0.25, 0.3) is 0 Å². The summed E-state index contributed by atoms with van der Waals surface area (Å²) < 4.78 is 10.9. The molecule has 0 bridgehead atoms. The van der Waals surface area contributed by atoms with Crippen molar-refractivity contribution in [2.24, 2.45) is 0 Å². The first-order chi connectivity index (χ1) is 10.5. The zero-order chi connectivity index (χ0) is 16.1. The maximum Gasteiger partial charge on any atom is 0.240 e. The van der Waals surface area contributed by atoms with Gasteiger partial charge < -0.3 is 14.1 Å². The number of carbonyl (C=O) groups is 1. The number of hydrogen-bond acceptors (Lipinski definition) is 4. The highest BCUT2D eigenvalue weighted by Gasteiger charge is 2.34. The van der Waals surface area contributed by atoms with Crippen LogP contribution in [0, 0.1) is 6.92 Å². The van der Waals surface area contributed by atoms with E-state index in [1.165, 1.54) is 0 Å². The predicted molar refractivity (Wildman–Crippen MR) is 85.6 cm³/mol. The van der Waals surface area contributed by atoms with E-state index in [9.17, 15) is 4.79 Å². The van der Waals surface area contributed by atoms with Gasteiger partial charge in [-0.3, -0.25) is 9.69 Å². The lowest BCUT2D eigenvalue weighted by molar-refractivity contribution is -0.142. The summed E-state index contributed by atoms with van der Waals surface area (Å²) in [5, 5.41) is 0. The van der Waals surface area contributed by atoms with Crippen molar-refractivity contribution in [2.75, 3.05) is 26.8 Å². The zero-order valence-electron chi connectivity index (χ0n) is 14.2. The summed E-state index contributed by atoms with van der Waals surface area (Å²) >= 11 is 0. The Bertz CT molecular complexity index is 484. The second-order valence-corrected chi connectivity index (χ2v) is 6.26. The molecule has 0 unspecified atom stereocenters. The van der Waals surface area contributed by atoms with Crippen LogP contribution in [0.2, 0.25) is 0 Å². The molecule has 1 aromatic heterocycles. The topological polar surface area (TPSA) is 45.9 Å². The summed E-state index contributed by atoms with van der Waals surface area (Å²) in [6.45, 7) is 8.97. The van der Waals surface area contributed by atoms with E-state index in [2.05, 4.69) is 18.7 Å². The van der Waals surface area contributed by atoms with E-state index < -0.39 is 0 Å². The lowest BCUT2D eigenvalue weighted by Crippen LogP contribution is -2.54. The average molecular weight is 308 g/mol. The Balaban J connectivity index is 2.11. The number of piperidine rings is 1. The monoisotopic (exact) mass is 308 g/mol. The highest BCUT2D eigenvalue weighted by atomic mass is 16.5. The van der Waals surface area contributed by atoms with E-state index >= 15 is 0 Å². The fourth-order valence-electron chi connectivity index (χ4n) is 3.06. The molecule has 2 rings (SSSR count). The minimum absolute atomic E-state index is 0.0725. The molecular weight excluding hydrogens is 280 g/mol. The van der Waals surface area contributed by atoms with E-state index in [0.29, 0.717) is 13.2 Å². The van der Waals surface area contributed by atoms with Crippen molar-refractivity contribution in [3.8, 4) is 0 Å². The predicted octanol–water partition coefficient (Wildman–Crippen LogP) is 2.44. The van der Waals surface area contributed by atoms with Gasteiger partial charge in [-0.2, -0.15) is 0 Å². The Morgan fingerprint density at radius 2 is 2.23 bits per heavy atom. The molecule has 1 amide bonds. The first-order valence-electron chi connectivity index (χ1n) is 8.11. The molecule has 22 heavy (non-hydrogen) atoms. The minimum Gasteiger partial charge on any atom is -0.465 e. The number of methoxy groups -OCH3 is 1. The van der Waals surface area contributed by atoms with E-state index in [0.717, 1.165) is 37.5 Å². The van der Waals surface area contributed by atoms with Gasteiger partial charge in [0.05, 0.1) is 19.2 Å². The smallest absolute Gasteiger partial charge is 0.240 e. The summed E-state index contributed by atoms with van der Waals surface area (Å²) in [7, 11) is 1.69. The number of furan rings is 1. The van der Waals surface area contributed by atoms with E-state index in [1.807, 2.05) is 24.0 Å². The number of carbonyl (C=O) groups excluding carboxylic acids is 1. The van der Waals surface area contributed by atoms with Gasteiger partial charge in [0.25, 0.3) is 0 Å². The van der Waals surface area contributed by atoms with Crippen molar-refractivity contribution in [3.05, 3.63) is 23.7 Å². The molecule has 1 saturated heterocycles. The molecule has 0 N–H and O–H groups in total. The Morgan fingerprint density at radius 1 is 1.45 bits per heavy atom. The molecule has 0 aromatic carbocycles. The van der Waals surface area contributed by atoms with Crippen LogP contribution in [-0.4, -0.2) is 54.6 Å². The molecule has 1 fully saturated rings. The molecule has 0 saturated carbocycles. The van der Waals surface area contributed by atoms with Gasteiger partial charge in [-0.1, -0.05) is 0 Å². The number of amides is 1. The number of hydrogen-bond donors (Lipinski definition) is 0. The first-order valence-corrected chi connectivity index (χ1v) is 8.11. The van der Waals surface area contributed by atoms with Crippen molar-refractivity contribution in [2.45, 2.75) is 52.2 Å². The van der Waals surface area contributed by atoms with Gasteiger partial charge in [-0.25, -0.2) is 0 Å². The Labute approximate surface area is 133 Å². The lowest BCUT2D eigenvalue weighted by atomic mass is 10.0. The van der Waals surface area contributed by atoms with Gasteiger partial charge in [-0.05, 0) is 45.7 Å². The third kappa shape index (κ3) is 4.11. The van der Waals surface area contributed by atoms with Crippen molar-refractivity contribution in [1.29, 1.82) is 0 Å². The first kappa shape index (κ1) is 17.0. The van der Waals surface area contributed by atoms with Crippen molar-refractivity contribution < 1.29 is 13.9 Å². The zero-order valence-corrected chi connectivity index (χ0v) is 14.2. The molecule has 0 spiro atoms. The summed E-state index contributed by atoms with van der Waals surface area (Å²) in [5.74, 6) is 2.05. The second kappa shape index (κ2) is 7.79. The fraction of sp³-hybridized carbons (Fsp3) is 0.706. The van der Waals surface area contributed by atoms with Gasteiger partial charge in [0.1, 0.15) is 11.5 Å². The molecule has 1 aromatic rings. The largest absolute Gasteiger partial charge is 0.465 e. The van der Waals surface area contributed by atoms with Crippen LogP contribution in [0.1, 0.15) is 38.2 Å². The molecule has 0 aliphatic carbocycles. The Morgan fingerprint density at radius 3 is 2.82 bits per heavy atom. The van der Waals surface area contributed by atoms with Crippen molar-refractivity contribution in [3.63, 3.8) is 0 Å². The van der Waals surface area contributed by atoms with Crippen molar-refractivity contribution >= 4 is 5.91 Å². The molecule has 1 atom stereocenters. The molecule has 5 nitrogen and oxygen atoms in total. The van der Waals surface area contributed by atoms with Crippen LogP contribution in [0.15, 0.2) is 16.5 Å². The third-order valence-corrected chi connectivity index (χ3v) is 4.25. The van der Waals surface area contributed by atoms with Crippen LogP contribution < -0.4 is 0 Å². The van der Waals surface area contributed by atoms with Gasteiger partial charge in [0.2, 0.25) is 5.91 Å². The van der Waals surface area contributed by atoms with E-state index in [1.54, 1.807) is 7.11 Å². The summed E-state index contributed by atoms with van der Waals surface area (Å²) in [4.78, 5) is 17.0. The van der Waals surface area contributed by atoms with Gasteiger partial charge in [0.15, 0.2) is 0 Å². The number of ether oxygens (including phenoxy) is 1. The minimum atomic E-state index is -0.0725. The van der Waals surface area contributed by atoms with Crippen molar-refractivity contribution in [1.82, 2.24) is 9.80 Å². The fourth-order valence-corrected chi connectivity index (χ4v) is 3.06. The highest BCUT2D eigenvalue weighted by molar-refractivity contribution is 5.82. The molecule has 124 valence electrons. The van der Waals surface area contributed by atoms with Crippen LogP contribution in [-0.2, 0) is 16.1 Å². The van der Waals surface area contributed by atoms with Crippen LogP contribution >= 0.6 is 0 Å². The number of rotatable bonds is 7. The maximum absolute atomic E-state index is 12.8. The molecule has 0 radical (unpaired) electrons. The van der Waals surface area contributed by atoms with Gasteiger partial charge in [-0.15, -0.1) is 0 Å². The van der Waals surface area contributed by atoms with E-state index in [-0.39, 0.29) is 18.0 Å². The molecule has 2 heterocycles. The van der Waals surface area contributed by atoms with Gasteiger partial charge >= 0.3 is 0 Å². The Hall–Kier alpha value is -1.33. The highest BCUT2D eigenvalue weighted by Crippen LogP contribution is 2.21. The normalized spacial score (nSPS) is 19.5. The lowest BCUT2D eigenvalue weighted by Gasteiger charge is -2.40.